The number of carbonyl (C=O) groups excluding carboxylic acids is 1. The fourth-order valence-corrected chi connectivity index (χ4v) is 3.37. The number of hydrogen-bond donors (Lipinski definition) is 2. The van der Waals surface area contributed by atoms with Crippen LogP contribution in [0.5, 0.6) is 0 Å². The van der Waals surface area contributed by atoms with E-state index in [9.17, 15) is 22.4 Å². The first-order valence-electron chi connectivity index (χ1n) is 10.1. The van der Waals surface area contributed by atoms with Crippen LogP contribution in [-0.4, -0.2) is 37.7 Å². The highest BCUT2D eigenvalue weighted by molar-refractivity contribution is 6.31. The fourth-order valence-electron chi connectivity index (χ4n) is 3.19. The molecule has 0 saturated carbocycles. The maximum atomic E-state index is 13.5. The topological polar surface area (TPSA) is 107 Å². The van der Waals surface area contributed by atoms with Gasteiger partial charge in [-0.05, 0) is 37.3 Å². The number of amides is 1. The summed E-state index contributed by atoms with van der Waals surface area (Å²) in [6.07, 6.45) is -0.677. The highest BCUT2D eigenvalue weighted by Gasteiger charge is 2.35. The van der Waals surface area contributed by atoms with E-state index in [1.807, 2.05) is 0 Å². The van der Waals surface area contributed by atoms with Gasteiger partial charge in [-0.2, -0.15) is 23.3 Å². The predicted molar refractivity (Wildman–Crippen MR) is 121 cm³/mol. The van der Waals surface area contributed by atoms with Crippen molar-refractivity contribution >= 4 is 29.1 Å². The Morgan fingerprint density at radius 2 is 1.92 bits per heavy atom. The highest BCUT2D eigenvalue weighted by Crippen LogP contribution is 2.32. The summed E-state index contributed by atoms with van der Waals surface area (Å²) >= 11 is 5.82. The van der Waals surface area contributed by atoms with Gasteiger partial charge in [0.05, 0.1) is 17.7 Å². The molecular weight excluding hydrogens is 506 g/mol. The molecule has 2 N–H and O–H groups in total. The number of nitrogens with zero attached hydrogens (tertiary/aromatic N) is 5. The molecular formula is C22H16ClF4N7O2. The number of hydroxylamine groups is 1. The minimum Gasteiger partial charge on any atom is -0.324 e. The quantitative estimate of drug-likeness (QED) is 0.275. The van der Waals surface area contributed by atoms with Crippen LogP contribution in [0.15, 0.2) is 48.9 Å². The molecule has 186 valence electrons. The Hall–Kier alpha value is -4.10. The van der Waals surface area contributed by atoms with Crippen molar-refractivity contribution in [1.29, 1.82) is 0 Å². The number of benzene rings is 1. The number of alkyl halides is 3. The van der Waals surface area contributed by atoms with E-state index in [1.54, 1.807) is 0 Å². The van der Waals surface area contributed by atoms with Gasteiger partial charge in [0, 0.05) is 41.1 Å². The first kappa shape index (κ1) is 25.0. The molecule has 14 heteroatoms. The van der Waals surface area contributed by atoms with Crippen LogP contribution in [0.3, 0.4) is 0 Å². The van der Waals surface area contributed by atoms with Gasteiger partial charge in [-0.1, -0.05) is 11.6 Å². The van der Waals surface area contributed by atoms with Crippen molar-refractivity contribution in [3.63, 3.8) is 0 Å². The number of aromatic nitrogens is 5. The number of hydrogen-bond acceptors (Lipinski definition) is 7. The van der Waals surface area contributed by atoms with Crippen LogP contribution in [0.2, 0.25) is 5.02 Å². The Balaban J connectivity index is 1.84. The second-order valence-corrected chi connectivity index (χ2v) is 7.77. The normalized spacial score (nSPS) is 11.4. The standard InChI is InChI=1S/C22H16ClF4N7O2/c1-11-5-18(22(25,26)27)32-34(11)19-15(12-6-13(9-28-8-12)20(35)33-36-2)10-29-21(31-19)30-14-3-4-17(24)16(23)7-14/h3-10H,1-2H3,(H,33,35)(H,29,30,31). The van der Waals surface area contributed by atoms with E-state index in [-0.39, 0.29) is 33.6 Å². The minimum atomic E-state index is -4.69. The number of pyridine rings is 1. The third-order valence-electron chi connectivity index (χ3n) is 4.83. The summed E-state index contributed by atoms with van der Waals surface area (Å²) in [6, 6.07) is 6.15. The minimum absolute atomic E-state index is 0.0267. The lowest BCUT2D eigenvalue weighted by molar-refractivity contribution is -0.141. The van der Waals surface area contributed by atoms with Crippen LogP contribution in [0.4, 0.5) is 29.2 Å². The van der Waals surface area contributed by atoms with Gasteiger partial charge in [0.25, 0.3) is 5.91 Å². The van der Waals surface area contributed by atoms with Crippen molar-refractivity contribution in [2.75, 3.05) is 12.4 Å². The van der Waals surface area contributed by atoms with Gasteiger partial charge in [0.15, 0.2) is 11.5 Å². The molecule has 4 rings (SSSR count). The molecule has 0 radical (unpaired) electrons. The van der Waals surface area contributed by atoms with E-state index in [4.69, 9.17) is 11.6 Å². The summed E-state index contributed by atoms with van der Waals surface area (Å²) in [7, 11) is 1.26. The van der Waals surface area contributed by atoms with E-state index in [0.29, 0.717) is 11.3 Å². The molecule has 0 aliphatic heterocycles. The van der Waals surface area contributed by atoms with E-state index >= 15 is 0 Å². The molecule has 3 heterocycles. The van der Waals surface area contributed by atoms with Gasteiger partial charge < -0.3 is 5.32 Å². The average molecular weight is 522 g/mol. The molecule has 3 aromatic heterocycles. The zero-order chi connectivity index (χ0) is 26.0. The fraction of sp³-hybridized carbons (Fsp3) is 0.136. The number of halogens is 5. The van der Waals surface area contributed by atoms with Crippen LogP contribution in [0, 0.1) is 12.7 Å². The van der Waals surface area contributed by atoms with Gasteiger partial charge >= 0.3 is 6.18 Å². The van der Waals surface area contributed by atoms with Gasteiger partial charge in [0.2, 0.25) is 5.95 Å². The molecule has 4 aromatic rings. The molecule has 0 unspecified atom stereocenters. The summed E-state index contributed by atoms with van der Waals surface area (Å²) in [6.45, 7) is 1.43. The molecule has 1 aromatic carbocycles. The lowest BCUT2D eigenvalue weighted by Gasteiger charge is -2.13. The Kier molecular flexibility index (Phi) is 6.86. The first-order valence-corrected chi connectivity index (χ1v) is 10.5. The molecule has 0 atom stereocenters. The van der Waals surface area contributed by atoms with Crippen molar-refractivity contribution in [3.8, 4) is 16.9 Å². The summed E-state index contributed by atoms with van der Waals surface area (Å²) in [5.41, 5.74) is 2.21. The molecule has 0 saturated heterocycles. The molecule has 0 aliphatic carbocycles. The van der Waals surface area contributed by atoms with Crippen LogP contribution in [-0.2, 0) is 11.0 Å². The number of nitrogens with one attached hydrogen (secondary N) is 2. The Bertz CT molecular complexity index is 1440. The predicted octanol–water partition coefficient (Wildman–Crippen LogP) is 4.88. The highest BCUT2D eigenvalue weighted by atomic mass is 35.5. The monoisotopic (exact) mass is 521 g/mol. The van der Waals surface area contributed by atoms with E-state index in [1.165, 1.54) is 50.8 Å². The van der Waals surface area contributed by atoms with Crippen molar-refractivity contribution in [2.24, 2.45) is 0 Å². The van der Waals surface area contributed by atoms with Crippen LogP contribution in [0.1, 0.15) is 21.7 Å². The summed E-state index contributed by atoms with van der Waals surface area (Å²) in [4.78, 5) is 29.4. The lowest BCUT2D eigenvalue weighted by Crippen LogP contribution is -2.21. The molecule has 0 aliphatic rings. The van der Waals surface area contributed by atoms with Crippen LogP contribution < -0.4 is 10.8 Å². The summed E-state index contributed by atoms with van der Waals surface area (Å²) in [5, 5.41) is 6.37. The largest absolute Gasteiger partial charge is 0.435 e. The first-order chi connectivity index (χ1) is 17.1. The number of aryl methyl sites for hydroxylation is 1. The zero-order valence-corrected chi connectivity index (χ0v) is 19.3. The van der Waals surface area contributed by atoms with Crippen LogP contribution >= 0.6 is 11.6 Å². The van der Waals surface area contributed by atoms with Gasteiger partial charge in [-0.25, -0.2) is 19.5 Å². The van der Waals surface area contributed by atoms with Gasteiger partial charge in [-0.15, -0.1) is 0 Å². The second kappa shape index (κ2) is 9.87. The number of rotatable bonds is 6. The second-order valence-electron chi connectivity index (χ2n) is 7.36. The van der Waals surface area contributed by atoms with Gasteiger partial charge in [0.1, 0.15) is 5.82 Å². The average Bonchev–Trinajstić information content (AvgIpc) is 3.24. The van der Waals surface area contributed by atoms with E-state index in [0.717, 1.165) is 16.8 Å². The van der Waals surface area contributed by atoms with Gasteiger partial charge in [-0.3, -0.25) is 14.6 Å². The molecule has 1 amide bonds. The SMILES string of the molecule is CONC(=O)c1cncc(-c2cnc(Nc3ccc(F)c(Cl)c3)nc2-n2nc(C(F)(F)F)cc2C)c1. The number of carbonyl (C=O) groups is 1. The van der Waals surface area contributed by atoms with Crippen molar-refractivity contribution in [2.45, 2.75) is 13.1 Å². The third-order valence-corrected chi connectivity index (χ3v) is 5.12. The number of anilines is 2. The molecule has 0 spiro atoms. The molecule has 0 fully saturated rings. The van der Waals surface area contributed by atoms with E-state index in [2.05, 4.69) is 35.7 Å². The van der Waals surface area contributed by atoms with E-state index < -0.39 is 23.6 Å². The van der Waals surface area contributed by atoms with Crippen molar-refractivity contribution in [1.82, 2.24) is 30.2 Å². The maximum absolute atomic E-state index is 13.5. The Labute approximate surface area is 206 Å². The third kappa shape index (κ3) is 5.26. The zero-order valence-electron chi connectivity index (χ0n) is 18.6. The summed E-state index contributed by atoms with van der Waals surface area (Å²) < 4.78 is 54.5. The Morgan fingerprint density at radius 3 is 2.58 bits per heavy atom. The summed E-state index contributed by atoms with van der Waals surface area (Å²) in [5.74, 6) is -1.27. The molecule has 36 heavy (non-hydrogen) atoms. The lowest BCUT2D eigenvalue weighted by atomic mass is 10.1. The van der Waals surface area contributed by atoms with Crippen molar-refractivity contribution < 1.29 is 27.2 Å². The van der Waals surface area contributed by atoms with Crippen LogP contribution in [0.25, 0.3) is 16.9 Å². The maximum Gasteiger partial charge on any atom is 0.435 e. The Morgan fingerprint density at radius 1 is 1.14 bits per heavy atom. The van der Waals surface area contributed by atoms with Crippen molar-refractivity contribution in [3.05, 3.63) is 76.7 Å². The molecule has 9 nitrogen and oxygen atoms in total. The molecule has 0 bridgehead atoms. The smallest absolute Gasteiger partial charge is 0.324 e.